The summed E-state index contributed by atoms with van der Waals surface area (Å²) in [5, 5.41) is 7.38. The summed E-state index contributed by atoms with van der Waals surface area (Å²) in [7, 11) is 0. The molecule has 0 radical (unpaired) electrons. The van der Waals surface area contributed by atoms with Crippen LogP contribution >= 0.6 is 0 Å². The third-order valence-corrected chi connectivity index (χ3v) is 3.67. The van der Waals surface area contributed by atoms with Crippen LogP contribution in [0.15, 0.2) is 42.5 Å². The number of hydrogen-bond donors (Lipinski definition) is 3. The lowest BCUT2D eigenvalue weighted by Gasteiger charge is -2.10. The molecule has 0 aliphatic rings. The Hall–Kier alpha value is -3.03. The van der Waals surface area contributed by atoms with Gasteiger partial charge in [-0.05, 0) is 61.4 Å². The van der Waals surface area contributed by atoms with Crippen molar-refractivity contribution in [2.75, 3.05) is 17.2 Å². The third kappa shape index (κ3) is 5.51. The lowest BCUT2D eigenvalue weighted by Crippen LogP contribution is -2.35. The van der Waals surface area contributed by atoms with E-state index in [1.807, 2.05) is 19.9 Å². The van der Waals surface area contributed by atoms with Gasteiger partial charge >= 0.3 is 12.2 Å². The van der Waals surface area contributed by atoms with Crippen molar-refractivity contribution >= 4 is 23.3 Å². The first kappa shape index (κ1) is 19.3. The van der Waals surface area contributed by atoms with E-state index in [1.54, 1.807) is 12.1 Å². The van der Waals surface area contributed by atoms with E-state index in [0.717, 1.165) is 35.4 Å². The van der Waals surface area contributed by atoms with Gasteiger partial charge in [0, 0.05) is 11.4 Å². The van der Waals surface area contributed by atoms with Crippen molar-refractivity contribution in [3.05, 3.63) is 59.2 Å². The quantitative estimate of drug-likeness (QED) is 0.764. The van der Waals surface area contributed by atoms with Crippen molar-refractivity contribution in [3.63, 3.8) is 0 Å². The van der Waals surface area contributed by atoms with E-state index < -0.39 is 23.7 Å². The van der Waals surface area contributed by atoms with Crippen molar-refractivity contribution in [2.24, 2.45) is 0 Å². The van der Waals surface area contributed by atoms with Crippen LogP contribution < -0.4 is 16.0 Å². The Kier molecular flexibility index (Phi) is 5.86. The van der Waals surface area contributed by atoms with E-state index in [-0.39, 0.29) is 12.2 Å². The average molecular weight is 365 g/mol. The molecule has 3 amide bonds. The smallest absolute Gasteiger partial charge is 0.329 e. The zero-order valence-electron chi connectivity index (χ0n) is 14.2. The number of carbonyl (C=O) groups excluding carboxylic acids is 2. The number of urea groups is 1. The number of amides is 3. The lowest BCUT2D eigenvalue weighted by atomic mass is 10.1. The second-order valence-electron chi connectivity index (χ2n) is 5.73. The highest BCUT2D eigenvalue weighted by atomic mass is 19.4. The summed E-state index contributed by atoms with van der Waals surface area (Å²) in [6.07, 6.45) is -4.43. The molecule has 0 atom stereocenters. The fourth-order valence-corrected chi connectivity index (χ4v) is 2.10. The Morgan fingerprint density at radius 2 is 1.50 bits per heavy atom. The number of benzene rings is 2. The number of anilines is 2. The highest BCUT2D eigenvalue weighted by Crippen LogP contribution is 2.29. The lowest BCUT2D eigenvalue weighted by molar-refractivity contribution is -0.137. The standard InChI is InChI=1S/C18H18F3N3O2/c1-11-3-6-15(9-12(11)2)24-17(26)22-10-16(25)23-14-7-4-13(5-8-14)18(19,20)21/h3-9H,10H2,1-2H3,(H,23,25)(H2,22,24,26). The van der Waals surface area contributed by atoms with Gasteiger partial charge in [-0.25, -0.2) is 4.79 Å². The second kappa shape index (κ2) is 7.90. The van der Waals surface area contributed by atoms with Gasteiger partial charge in [-0.2, -0.15) is 13.2 Å². The average Bonchev–Trinajstić information content (AvgIpc) is 2.56. The molecule has 2 aromatic carbocycles. The Bertz CT molecular complexity index is 802. The third-order valence-electron chi connectivity index (χ3n) is 3.67. The van der Waals surface area contributed by atoms with E-state index in [1.165, 1.54) is 0 Å². The molecule has 2 aromatic rings. The van der Waals surface area contributed by atoms with Gasteiger partial charge in [0.05, 0.1) is 12.1 Å². The van der Waals surface area contributed by atoms with Gasteiger partial charge < -0.3 is 16.0 Å². The number of hydrogen-bond acceptors (Lipinski definition) is 2. The molecule has 0 aliphatic carbocycles. The first-order valence-corrected chi connectivity index (χ1v) is 7.74. The molecule has 0 aromatic heterocycles. The molecule has 0 aliphatic heterocycles. The van der Waals surface area contributed by atoms with Crippen molar-refractivity contribution in [2.45, 2.75) is 20.0 Å². The Labute approximate surface area is 148 Å². The molecule has 138 valence electrons. The van der Waals surface area contributed by atoms with Gasteiger partial charge in [-0.1, -0.05) is 6.07 Å². The van der Waals surface area contributed by atoms with Gasteiger partial charge in [0.2, 0.25) is 5.91 Å². The van der Waals surface area contributed by atoms with Crippen LogP contribution in [0.5, 0.6) is 0 Å². The van der Waals surface area contributed by atoms with Crippen molar-refractivity contribution in [3.8, 4) is 0 Å². The second-order valence-corrected chi connectivity index (χ2v) is 5.73. The summed E-state index contributed by atoms with van der Waals surface area (Å²) in [5.41, 5.74) is 2.10. The molecule has 0 bridgehead atoms. The van der Waals surface area contributed by atoms with Crippen molar-refractivity contribution in [1.29, 1.82) is 0 Å². The normalized spacial score (nSPS) is 11.0. The molecule has 26 heavy (non-hydrogen) atoms. The van der Waals surface area contributed by atoms with Crippen molar-refractivity contribution in [1.82, 2.24) is 5.32 Å². The zero-order valence-corrected chi connectivity index (χ0v) is 14.2. The van der Waals surface area contributed by atoms with E-state index in [9.17, 15) is 22.8 Å². The Morgan fingerprint density at radius 3 is 2.08 bits per heavy atom. The van der Waals surface area contributed by atoms with E-state index in [0.29, 0.717) is 5.69 Å². The number of rotatable bonds is 4. The SMILES string of the molecule is Cc1ccc(NC(=O)NCC(=O)Nc2ccc(C(F)(F)F)cc2)cc1C. The largest absolute Gasteiger partial charge is 0.416 e. The summed E-state index contributed by atoms with van der Waals surface area (Å²) in [6, 6.07) is 8.89. The van der Waals surface area contributed by atoms with E-state index in [2.05, 4.69) is 16.0 Å². The summed E-state index contributed by atoms with van der Waals surface area (Å²) in [5.74, 6) is -0.556. The molecule has 0 unspecified atom stereocenters. The maximum Gasteiger partial charge on any atom is 0.416 e. The number of aryl methyl sites for hydroxylation is 2. The zero-order chi connectivity index (χ0) is 19.3. The molecular formula is C18H18F3N3O2. The van der Waals surface area contributed by atoms with Crippen LogP contribution in [0.2, 0.25) is 0 Å². The van der Waals surface area contributed by atoms with Crippen LogP contribution in [0.3, 0.4) is 0 Å². The molecule has 0 heterocycles. The van der Waals surface area contributed by atoms with E-state index in [4.69, 9.17) is 0 Å². The summed E-state index contributed by atoms with van der Waals surface area (Å²) < 4.78 is 37.4. The van der Waals surface area contributed by atoms with Crippen LogP contribution in [0.4, 0.5) is 29.3 Å². The van der Waals surface area contributed by atoms with Crippen LogP contribution in [0.25, 0.3) is 0 Å². The monoisotopic (exact) mass is 365 g/mol. The van der Waals surface area contributed by atoms with Crippen molar-refractivity contribution < 1.29 is 22.8 Å². The number of alkyl halides is 3. The topological polar surface area (TPSA) is 70.2 Å². The first-order valence-electron chi connectivity index (χ1n) is 7.74. The van der Waals surface area contributed by atoms with Crippen LogP contribution in [0, 0.1) is 13.8 Å². The van der Waals surface area contributed by atoms with Crippen LogP contribution in [-0.4, -0.2) is 18.5 Å². The molecule has 3 N–H and O–H groups in total. The molecule has 0 fully saturated rings. The highest BCUT2D eigenvalue weighted by Gasteiger charge is 2.29. The molecule has 8 heteroatoms. The van der Waals surface area contributed by atoms with Gasteiger partial charge in [-0.15, -0.1) is 0 Å². The van der Waals surface area contributed by atoms with Crippen LogP contribution in [-0.2, 0) is 11.0 Å². The predicted octanol–water partition coefficient (Wildman–Crippen LogP) is 4.08. The minimum absolute atomic E-state index is 0.208. The fourth-order valence-electron chi connectivity index (χ4n) is 2.10. The maximum absolute atomic E-state index is 12.5. The molecule has 2 rings (SSSR count). The minimum Gasteiger partial charge on any atom is -0.329 e. The highest BCUT2D eigenvalue weighted by molar-refractivity contribution is 5.96. The summed E-state index contributed by atoms with van der Waals surface area (Å²) >= 11 is 0. The maximum atomic E-state index is 12.5. The van der Waals surface area contributed by atoms with Gasteiger partial charge in [0.15, 0.2) is 0 Å². The summed E-state index contributed by atoms with van der Waals surface area (Å²) in [6.45, 7) is 3.54. The van der Waals surface area contributed by atoms with Crippen LogP contribution in [0.1, 0.15) is 16.7 Å². The van der Waals surface area contributed by atoms with Gasteiger partial charge in [0.25, 0.3) is 0 Å². The minimum atomic E-state index is -4.43. The molecule has 0 saturated heterocycles. The first-order chi connectivity index (χ1) is 12.1. The number of halogens is 3. The molecule has 0 saturated carbocycles. The Balaban J connectivity index is 1.82. The van der Waals surface area contributed by atoms with E-state index >= 15 is 0 Å². The number of carbonyl (C=O) groups is 2. The van der Waals surface area contributed by atoms with Gasteiger partial charge in [0.1, 0.15) is 0 Å². The molecule has 5 nitrogen and oxygen atoms in total. The fraction of sp³-hybridized carbons (Fsp3) is 0.222. The number of nitrogens with one attached hydrogen (secondary N) is 3. The molecule has 0 spiro atoms. The van der Waals surface area contributed by atoms with Gasteiger partial charge in [-0.3, -0.25) is 4.79 Å². The summed E-state index contributed by atoms with van der Waals surface area (Å²) in [4.78, 5) is 23.6. The molecular weight excluding hydrogens is 347 g/mol. The Morgan fingerprint density at radius 1 is 0.885 bits per heavy atom. The predicted molar refractivity (Wildman–Crippen MR) is 93.0 cm³/mol.